The molecule has 0 saturated heterocycles. The van der Waals surface area contributed by atoms with Crippen molar-refractivity contribution in [1.29, 1.82) is 0 Å². The average Bonchev–Trinajstić information content (AvgIpc) is 2.86. The number of carbonyl (C=O) groups excluding carboxylic acids is 2. The van der Waals surface area contributed by atoms with Crippen LogP contribution in [-0.2, 0) is 6.54 Å². The molecule has 2 amide bonds. The number of fused-ring (bicyclic) bond motifs is 1. The summed E-state index contributed by atoms with van der Waals surface area (Å²) in [5.41, 5.74) is 5.02. The van der Waals surface area contributed by atoms with Gasteiger partial charge >= 0.3 is 0 Å². The van der Waals surface area contributed by atoms with Gasteiger partial charge in [-0.2, -0.15) is 0 Å². The van der Waals surface area contributed by atoms with Crippen molar-refractivity contribution in [2.24, 2.45) is 0 Å². The lowest BCUT2D eigenvalue weighted by atomic mass is 10.1. The summed E-state index contributed by atoms with van der Waals surface area (Å²) in [7, 11) is 2.11. The predicted octanol–water partition coefficient (Wildman–Crippen LogP) is 3.81. The highest BCUT2D eigenvalue weighted by Crippen LogP contribution is 2.22. The maximum atomic E-state index is 12.3. The van der Waals surface area contributed by atoms with Gasteiger partial charge < -0.3 is 4.90 Å². The summed E-state index contributed by atoms with van der Waals surface area (Å²) in [5, 5.41) is 0. The van der Waals surface area contributed by atoms with E-state index >= 15 is 0 Å². The van der Waals surface area contributed by atoms with E-state index in [1.807, 2.05) is 0 Å². The highest BCUT2D eigenvalue weighted by Gasteiger charge is 2.34. The van der Waals surface area contributed by atoms with Crippen LogP contribution in [0.3, 0.4) is 0 Å². The van der Waals surface area contributed by atoms with Gasteiger partial charge in [0.05, 0.1) is 11.1 Å². The summed E-state index contributed by atoms with van der Waals surface area (Å²) in [4.78, 5) is 28.3. The zero-order chi connectivity index (χ0) is 18.7. The molecule has 0 fully saturated rings. The van der Waals surface area contributed by atoms with Gasteiger partial charge in [-0.15, -0.1) is 0 Å². The number of imide groups is 1. The minimum absolute atomic E-state index is 0.158. The summed E-state index contributed by atoms with van der Waals surface area (Å²) in [6, 6.07) is 13.6. The Hall–Kier alpha value is -2.46. The minimum Gasteiger partial charge on any atom is -0.302 e. The molecule has 0 spiro atoms. The lowest BCUT2D eigenvalue weighted by molar-refractivity contribution is 0.0650. The van der Waals surface area contributed by atoms with Crippen molar-refractivity contribution in [2.45, 2.75) is 33.2 Å². The monoisotopic (exact) mass is 350 g/mol. The normalized spacial score (nSPS) is 13.6. The van der Waals surface area contributed by atoms with Crippen LogP contribution in [0.5, 0.6) is 0 Å². The fourth-order valence-corrected chi connectivity index (χ4v) is 3.49. The van der Waals surface area contributed by atoms with E-state index in [4.69, 9.17) is 0 Å². The number of carbonyl (C=O) groups is 2. The van der Waals surface area contributed by atoms with Crippen LogP contribution in [0.15, 0.2) is 42.5 Å². The maximum absolute atomic E-state index is 12.3. The van der Waals surface area contributed by atoms with Crippen LogP contribution in [0.25, 0.3) is 0 Å². The largest absolute Gasteiger partial charge is 0.302 e. The molecule has 1 aliphatic rings. The van der Waals surface area contributed by atoms with Crippen molar-refractivity contribution in [3.8, 4) is 0 Å². The summed E-state index contributed by atoms with van der Waals surface area (Å²) in [5.74, 6) is -0.316. The van der Waals surface area contributed by atoms with Gasteiger partial charge in [0, 0.05) is 13.1 Å². The van der Waals surface area contributed by atoms with Gasteiger partial charge in [-0.05, 0) is 63.5 Å². The second-order valence-electron chi connectivity index (χ2n) is 7.18. The van der Waals surface area contributed by atoms with E-state index in [0.29, 0.717) is 17.7 Å². The molecule has 1 aliphatic heterocycles. The van der Waals surface area contributed by atoms with Crippen molar-refractivity contribution < 1.29 is 9.59 Å². The summed E-state index contributed by atoms with van der Waals surface area (Å²) in [6.07, 6.45) is 1.78. The van der Waals surface area contributed by atoms with Crippen molar-refractivity contribution in [3.05, 3.63) is 70.3 Å². The number of hydrogen-bond acceptors (Lipinski definition) is 3. The molecule has 26 heavy (non-hydrogen) atoms. The summed E-state index contributed by atoms with van der Waals surface area (Å²) in [6.45, 7) is 6.61. The number of amides is 2. The molecule has 1 heterocycles. The van der Waals surface area contributed by atoms with E-state index in [9.17, 15) is 9.59 Å². The van der Waals surface area contributed by atoms with Gasteiger partial charge in [-0.3, -0.25) is 14.5 Å². The first-order valence-electron chi connectivity index (χ1n) is 9.17. The van der Waals surface area contributed by atoms with E-state index in [2.05, 4.69) is 44.0 Å². The molecular weight excluding hydrogens is 324 g/mol. The molecule has 2 aromatic rings. The Morgan fingerprint density at radius 2 is 1.58 bits per heavy atom. The Morgan fingerprint density at radius 1 is 0.923 bits per heavy atom. The predicted molar refractivity (Wildman–Crippen MR) is 103 cm³/mol. The van der Waals surface area contributed by atoms with E-state index in [1.54, 1.807) is 24.3 Å². The highest BCUT2D eigenvalue weighted by molar-refractivity contribution is 6.21. The number of rotatable bonds is 7. The summed E-state index contributed by atoms with van der Waals surface area (Å²) < 4.78 is 0. The Bertz CT molecular complexity index is 794. The zero-order valence-corrected chi connectivity index (χ0v) is 15.8. The van der Waals surface area contributed by atoms with E-state index in [1.165, 1.54) is 21.6 Å². The SMILES string of the molecule is Cc1ccc(CN(C)CCCCN2C(=O)c3ccccc3C2=O)c(C)c1. The lowest BCUT2D eigenvalue weighted by Gasteiger charge is -2.19. The molecular formula is C22H26N2O2. The molecule has 0 atom stereocenters. The third-order valence-corrected chi connectivity index (χ3v) is 4.99. The van der Waals surface area contributed by atoms with Gasteiger partial charge in [0.15, 0.2) is 0 Å². The zero-order valence-electron chi connectivity index (χ0n) is 15.8. The first-order valence-corrected chi connectivity index (χ1v) is 9.17. The maximum Gasteiger partial charge on any atom is 0.261 e. The number of hydrogen-bond donors (Lipinski definition) is 0. The van der Waals surface area contributed by atoms with Crippen LogP contribution in [0.4, 0.5) is 0 Å². The van der Waals surface area contributed by atoms with Crippen LogP contribution in [0.1, 0.15) is 50.2 Å². The quantitative estimate of drug-likeness (QED) is 0.563. The lowest BCUT2D eigenvalue weighted by Crippen LogP contribution is -2.31. The van der Waals surface area contributed by atoms with Crippen molar-refractivity contribution >= 4 is 11.8 Å². The smallest absolute Gasteiger partial charge is 0.261 e. The van der Waals surface area contributed by atoms with Crippen LogP contribution in [-0.4, -0.2) is 41.8 Å². The molecule has 0 bridgehead atoms. The molecule has 0 aromatic heterocycles. The molecule has 0 unspecified atom stereocenters. The van der Waals surface area contributed by atoms with Crippen LogP contribution < -0.4 is 0 Å². The third kappa shape index (κ3) is 3.86. The molecule has 2 aromatic carbocycles. The molecule has 0 radical (unpaired) electrons. The molecule has 0 saturated carbocycles. The molecule has 3 rings (SSSR count). The van der Waals surface area contributed by atoms with Crippen molar-refractivity contribution in [3.63, 3.8) is 0 Å². The fraction of sp³-hybridized carbons (Fsp3) is 0.364. The Balaban J connectivity index is 1.46. The number of benzene rings is 2. The van der Waals surface area contributed by atoms with E-state index < -0.39 is 0 Å². The van der Waals surface area contributed by atoms with Gasteiger partial charge in [0.1, 0.15) is 0 Å². The highest BCUT2D eigenvalue weighted by atomic mass is 16.2. The first-order chi connectivity index (χ1) is 12.5. The van der Waals surface area contributed by atoms with Crippen LogP contribution in [0.2, 0.25) is 0 Å². The second-order valence-corrected chi connectivity index (χ2v) is 7.18. The van der Waals surface area contributed by atoms with Gasteiger partial charge in [-0.25, -0.2) is 0 Å². The molecule has 136 valence electrons. The summed E-state index contributed by atoms with van der Waals surface area (Å²) >= 11 is 0. The van der Waals surface area contributed by atoms with Crippen LogP contribution in [0, 0.1) is 13.8 Å². The van der Waals surface area contributed by atoms with Gasteiger partial charge in [-0.1, -0.05) is 35.9 Å². The topological polar surface area (TPSA) is 40.6 Å². The molecule has 0 aliphatic carbocycles. The Kier molecular flexibility index (Phi) is 5.52. The van der Waals surface area contributed by atoms with Gasteiger partial charge in [0.2, 0.25) is 0 Å². The van der Waals surface area contributed by atoms with Crippen molar-refractivity contribution in [1.82, 2.24) is 9.80 Å². The number of aryl methyl sites for hydroxylation is 2. The Morgan fingerprint density at radius 3 is 2.19 bits per heavy atom. The minimum atomic E-state index is -0.158. The van der Waals surface area contributed by atoms with Gasteiger partial charge in [0.25, 0.3) is 11.8 Å². The second kappa shape index (κ2) is 7.83. The third-order valence-electron chi connectivity index (χ3n) is 4.99. The molecule has 4 heteroatoms. The standard InChI is InChI=1S/C22H26N2O2/c1-16-10-11-18(17(2)14-16)15-23(3)12-6-7-13-24-21(25)19-8-4-5-9-20(19)22(24)26/h4-5,8-11,14H,6-7,12-13,15H2,1-3H3. The van der Waals surface area contributed by atoms with E-state index in [0.717, 1.165) is 25.9 Å². The fourth-order valence-electron chi connectivity index (χ4n) is 3.49. The Labute approximate surface area is 155 Å². The average molecular weight is 350 g/mol. The number of nitrogens with zero attached hydrogens (tertiary/aromatic N) is 2. The van der Waals surface area contributed by atoms with Crippen LogP contribution >= 0.6 is 0 Å². The van der Waals surface area contributed by atoms with Crippen molar-refractivity contribution in [2.75, 3.05) is 20.1 Å². The molecule has 4 nitrogen and oxygen atoms in total. The first kappa shape index (κ1) is 18.3. The van der Waals surface area contributed by atoms with E-state index in [-0.39, 0.29) is 11.8 Å². The molecule has 0 N–H and O–H groups in total. The number of unbranched alkanes of at least 4 members (excludes halogenated alkanes) is 1.